The molecule has 1 heterocycles. The smallest absolute Gasteiger partial charge is 0.237 e. The van der Waals surface area contributed by atoms with Gasteiger partial charge in [-0.25, -0.2) is 0 Å². The number of nitrogens with zero attached hydrogens (tertiary/aromatic N) is 1. The molecule has 5 nitrogen and oxygen atoms in total. The number of amides is 1. The molecule has 1 amide bonds. The maximum absolute atomic E-state index is 12.2. The van der Waals surface area contributed by atoms with E-state index in [0.29, 0.717) is 6.04 Å². The number of ether oxygens (including phenoxy) is 1. The molecule has 2 unspecified atom stereocenters. The third-order valence-corrected chi connectivity index (χ3v) is 4.75. The second kappa shape index (κ2) is 8.11. The predicted molar refractivity (Wildman–Crippen MR) is 84.3 cm³/mol. The summed E-state index contributed by atoms with van der Waals surface area (Å²) in [6.07, 6.45) is 4.89. The Bertz CT molecular complexity index is 329. The Hall–Kier alpha value is -0.650. The maximum atomic E-state index is 12.2. The van der Waals surface area contributed by atoms with Crippen LogP contribution in [-0.4, -0.2) is 62.3 Å². The number of nitrogens with one attached hydrogen (secondary N) is 2. The first-order chi connectivity index (χ1) is 10.0. The first kappa shape index (κ1) is 16.7. The number of hydrogen-bond acceptors (Lipinski definition) is 4. The molecule has 1 saturated heterocycles. The number of carbonyl (C=O) groups is 1. The Balaban J connectivity index is 1.65. The van der Waals surface area contributed by atoms with Gasteiger partial charge in [-0.2, -0.15) is 0 Å². The molecule has 0 bridgehead atoms. The van der Waals surface area contributed by atoms with Crippen LogP contribution in [0.25, 0.3) is 0 Å². The standard InChI is InChI=1S/C16H31N3O2/c1-12-4-6-14(7-5-12)18-16(20)13(2)17-10-15-11-19(3)8-9-21-15/h12-15,17H,4-11H2,1-3H3,(H,18,20). The van der Waals surface area contributed by atoms with Crippen LogP contribution >= 0.6 is 0 Å². The summed E-state index contributed by atoms with van der Waals surface area (Å²) in [5.74, 6) is 0.938. The molecule has 0 radical (unpaired) electrons. The van der Waals surface area contributed by atoms with Crippen molar-refractivity contribution in [2.45, 2.75) is 57.7 Å². The molecule has 2 N–H and O–H groups in total. The Labute approximate surface area is 128 Å². The molecule has 5 heteroatoms. The van der Waals surface area contributed by atoms with Crippen molar-refractivity contribution in [3.05, 3.63) is 0 Å². The lowest BCUT2D eigenvalue weighted by atomic mass is 9.87. The summed E-state index contributed by atoms with van der Waals surface area (Å²) in [5.41, 5.74) is 0. The van der Waals surface area contributed by atoms with Gasteiger partial charge in [0.1, 0.15) is 0 Å². The first-order valence-corrected chi connectivity index (χ1v) is 8.38. The summed E-state index contributed by atoms with van der Waals surface area (Å²) in [5, 5.41) is 6.49. The minimum absolute atomic E-state index is 0.124. The third kappa shape index (κ3) is 5.57. The van der Waals surface area contributed by atoms with Crippen LogP contribution in [0.4, 0.5) is 0 Å². The fourth-order valence-electron chi connectivity index (χ4n) is 3.12. The normalized spacial score (nSPS) is 32.6. The van der Waals surface area contributed by atoms with E-state index in [-0.39, 0.29) is 18.1 Å². The van der Waals surface area contributed by atoms with Gasteiger partial charge in [-0.3, -0.25) is 4.79 Å². The number of carbonyl (C=O) groups excluding carboxylic acids is 1. The zero-order valence-electron chi connectivity index (χ0n) is 13.7. The van der Waals surface area contributed by atoms with Crippen molar-refractivity contribution in [1.82, 2.24) is 15.5 Å². The fourth-order valence-corrected chi connectivity index (χ4v) is 3.12. The zero-order valence-corrected chi connectivity index (χ0v) is 13.7. The molecule has 1 saturated carbocycles. The summed E-state index contributed by atoms with van der Waals surface area (Å²) in [7, 11) is 2.11. The third-order valence-electron chi connectivity index (χ3n) is 4.75. The van der Waals surface area contributed by atoms with E-state index in [1.165, 1.54) is 12.8 Å². The van der Waals surface area contributed by atoms with E-state index >= 15 is 0 Å². The average Bonchev–Trinajstić information content (AvgIpc) is 2.47. The minimum Gasteiger partial charge on any atom is -0.374 e. The Kier molecular flexibility index (Phi) is 6.45. The second-order valence-corrected chi connectivity index (χ2v) is 6.85. The maximum Gasteiger partial charge on any atom is 0.237 e. The van der Waals surface area contributed by atoms with E-state index < -0.39 is 0 Å². The lowest BCUT2D eigenvalue weighted by Crippen LogP contribution is -2.51. The first-order valence-electron chi connectivity index (χ1n) is 8.38. The molecule has 0 aromatic heterocycles. The molecular weight excluding hydrogens is 266 g/mol. The van der Waals surface area contributed by atoms with Gasteiger partial charge >= 0.3 is 0 Å². The molecule has 2 rings (SSSR count). The monoisotopic (exact) mass is 297 g/mol. The highest BCUT2D eigenvalue weighted by Gasteiger charge is 2.23. The average molecular weight is 297 g/mol. The molecule has 1 aliphatic heterocycles. The number of likely N-dealkylation sites (N-methyl/N-ethyl adjacent to an activating group) is 1. The van der Waals surface area contributed by atoms with Gasteiger partial charge in [0.2, 0.25) is 5.91 Å². The van der Waals surface area contributed by atoms with Crippen molar-refractivity contribution >= 4 is 5.91 Å². The molecule has 1 aliphatic carbocycles. The Morgan fingerprint density at radius 2 is 2.05 bits per heavy atom. The summed E-state index contributed by atoms with van der Waals surface area (Å²) in [6, 6.07) is 0.218. The molecule has 2 atom stereocenters. The molecule has 2 aliphatic rings. The van der Waals surface area contributed by atoms with Crippen molar-refractivity contribution in [2.75, 3.05) is 33.3 Å². The van der Waals surface area contributed by atoms with E-state index in [1.807, 2.05) is 6.92 Å². The van der Waals surface area contributed by atoms with Crippen LogP contribution in [0.3, 0.4) is 0 Å². The minimum atomic E-state index is -0.153. The van der Waals surface area contributed by atoms with Crippen LogP contribution in [0, 0.1) is 5.92 Å². The second-order valence-electron chi connectivity index (χ2n) is 6.85. The predicted octanol–water partition coefficient (Wildman–Crippen LogP) is 0.990. The highest BCUT2D eigenvalue weighted by atomic mass is 16.5. The van der Waals surface area contributed by atoms with Crippen molar-refractivity contribution < 1.29 is 9.53 Å². The topological polar surface area (TPSA) is 53.6 Å². The van der Waals surface area contributed by atoms with E-state index in [4.69, 9.17) is 4.74 Å². The highest BCUT2D eigenvalue weighted by Crippen LogP contribution is 2.23. The van der Waals surface area contributed by atoms with Crippen LogP contribution in [0.1, 0.15) is 39.5 Å². The van der Waals surface area contributed by atoms with Gasteiger partial charge < -0.3 is 20.3 Å². The largest absolute Gasteiger partial charge is 0.374 e. The van der Waals surface area contributed by atoms with Gasteiger partial charge in [-0.1, -0.05) is 6.92 Å². The summed E-state index contributed by atoms with van der Waals surface area (Å²) in [4.78, 5) is 14.5. The van der Waals surface area contributed by atoms with E-state index in [1.54, 1.807) is 0 Å². The van der Waals surface area contributed by atoms with E-state index in [9.17, 15) is 4.79 Å². The van der Waals surface area contributed by atoms with Crippen molar-refractivity contribution in [3.8, 4) is 0 Å². The van der Waals surface area contributed by atoms with E-state index in [2.05, 4.69) is 29.5 Å². The number of morpholine rings is 1. The molecule has 122 valence electrons. The molecule has 21 heavy (non-hydrogen) atoms. The fraction of sp³-hybridized carbons (Fsp3) is 0.938. The van der Waals surface area contributed by atoms with Gasteiger partial charge in [0.25, 0.3) is 0 Å². The number of hydrogen-bond donors (Lipinski definition) is 2. The van der Waals surface area contributed by atoms with Crippen LogP contribution in [-0.2, 0) is 9.53 Å². The van der Waals surface area contributed by atoms with Crippen LogP contribution in [0.5, 0.6) is 0 Å². The van der Waals surface area contributed by atoms with Crippen LogP contribution in [0.15, 0.2) is 0 Å². The van der Waals surface area contributed by atoms with E-state index in [0.717, 1.165) is 45.0 Å². The summed E-state index contributed by atoms with van der Waals surface area (Å²) in [6.45, 7) is 7.68. The summed E-state index contributed by atoms with van der Waals surface area (Å²) < 4.78 is 5.70. The molecule has 2 fully saturated rings. The molecule has 0 aromatic carbocycles. The highest BCUT2D eigenvalue weighted by molar-refractivity contribution is 5.81. The van der Waals surface area contributed by atoms with Gasteiger partial charge in [0.05, 0.1) is 18.8 Å². The molecule has 0 aromatic rings. The summed E-state index contributed by atoms with van der Waals surface area (Å²) >= 11 is 0. The zero-order chi connectivity index (χ0) is 15.2. The lowest BCUT2D eigenvalue weighted by Gasteiger charge is -2.31. The van der Waals surface area contributed by atoms with Crippen LogP contribution < -0.4 is 10.6 Å². The van der Waals surface area contributed by atoms with Gasteiger partial charge in [-0.15, -0.1) is 0 Å². The van der Waals surface area contributed by atoms with Crippen molar-refractivity contribution in [1.29, 1.82) is 0 Å². The Morgan fingerprint density at radius 1 is 1.33 bits per heavy atom. The van der Waals surface area contributed by atoms with Crippen LogP contribution in [0.2, 0.25) is 0 Å². The van der Waals surface area contributed by atoms with Crippen molar-refractivity contribution in [3.63, 3.8) is 0 Å². The SMILES string of the molecule is CC1CCC(NC(=O)C(C)NCC2CN(C)CCO2)CC1. The quantitative estimate of drug-likeness (QED) is 0.794. The van der Waals surface area contributed by atoms with Gasteiger partial charge in [-0.05, 0) is 45.6 Å². The van der Waals surface area contributed by atoms with Crippen molar-refractivity contribution in [2.24, 2.45) is 5.92 Å². The molecular formula is C16H31N3O2. The Morgan fingerprint density at radius 3 is 2.71 bits per heavy atom. The molecule has 0 spiro atoms. The number of rotatable bonds is 5. The lowest BCUT2D eigenvalue weighted by molar-refractivity contribution is -0.124. The van der Waals surface area contributed by atoms with Gasteiger partial charge in [0, 0.05) is 25.7 Å². The van der Waals surface area contributed by atoms with Gasteiger partial charge in [0.15, 0.2) is 0 Å².